The highest BCUT2D eigenvalue weighted by Gasteiger charge is 2.34. The number of aryl methyl sites for hydroxylation is 2. The Kier molecular flexibility index (Phi) is 3.44. The molecule has 1 saturated carbocycles. The van der Waals surface area contributed by atoms with Gasteiger partial charge in [-0.05, 0) is 48.8 Å². The van der Waals surface area contributed by atoms with E-state index in [1.807, 2.05) is 11.4 Å². The molecule has 0 heterocycles. The molecule has 1 aromatic rings. The largest absolute Gasteiger partial charge is 0.321 e. The third kappa shape index (κ3) is 2.20. The van der Waals surface area contributed by atoms with Crippen molar-refractivity contribution in [1.29, 1.82) is 0 Å². The van der Waals surface area contributed by atoms with Crippen molar-refractivity contribution in [1.82, 2.24) is 0 Å². The van der Waals surface area contributed by atoms with Crippen LogP contribution in [-0.4, -0.2) is 7.05 Å². The first-order valence-electron chi connectivity index (χ1n) is 6.49. The Morgan fingerprint density at radius 2 is 1.65 bits per heavy atom. The van der Waals surface area contributed by atoms with E-state index in [1.165, 1.54) is 48.1 Å². The number of benzene rings is 1. The molecule has 17 heavy (non-hydrogen) atoms. The van der Waals surface area contributed by atoms with Gasteiger partial charge in [-0.25, -0.2) is 0 Å². The molecule has 2 heteroatoms. The van der Waals surface area contributed by atoms with Gasteiger partial charge in [0.25, 0.3) is 0 Å². The van der Waals surface area contributed by atoms with Gasteiger partial charge >= 0.3 is 0 Å². The lowest BCUT2D eigenvalue weighted by Gasteiger charge is -2.32. The standard InChI is InChI=1S/C15H23NS/c1-11-7-8-12(2)14(16(4)17)13(11)15(3)9-5-6-10-15/h7-8,17H,5-6,9-10H2,1-4H3. The summed E-state index contributed by atoms with van der Waals surface area (Å²) in [6.45, 7) is 6.84. The van der Waals surface area contributed by atoms with Gasteiger partial charge < -0.3 is 4.31 Å². The molecule has 0 aliphatic heterocycles. The topological polar surface area (TPSA) is 3.24 Å². The number of nitrogens with zero attached hydrogens (tertiary/aromatic N) is 1. The monoisotopic (exact) mass is 249 g/mol. The van der Waals surface area contributed by atoms with Crippen molar-refractivity contribution < 1.29 is 0 Å². The molecule has 0 aromatic heterocycles. The number of thiol groups is 1. The molecule has 0 radical (unpaired) electrons. The van der Waals surface area contributed by atoms with Gasteiger partial charge in [-0.2, -0.15) is 0 Å². The van der Waals surface area contributed by atoms with E-state index in [1.54, 1.807) is 0 Å². The molecule has 0 unspecified atom stereocenters. The molecule has 0 amide bonds. The van der Waals surface area contributed by atoms with E-state index in [4.69, 9.17) is 0 Å². The maximum Gasteiger partial charge on any atom is 0.0533 e. The minimum absolute atomic E-state index is 0.350. The summed E-state index contributed by atoms with van der Waals surface area (Å²) in [5.41, 5.74) is 5.93. The molecular weight excluding hydrogens is 226 g/mol. The molecule has 0 spiro atoms. The highest BCUT2D eigenvalue weighted by Crippen LogP contribution is 2.46. The Hall–Kier alpha value is -0.630. The number of hydrogen-bond acceptors (Lipinski definition) is 2. The summed E-state index contributed by atoms with van der Waals surface area (Å²) >= 11 is 4.54. The van der Waals surface area contributed by atoms with Crippen molar-refractivity contribution in [3.05, 3.63) is 28.8 Å². The van der Waals surface area contributed by atoms with E-state index < -0.39 is 0 Å². The van der Waals surface area contributed by atoms with Gasteiger partial charge in [-0.3, -0.25) is 0 Å². The zero-order valence-electron chi connectivity index (χ0n) is 11.4. The van der Waals surface area contributed by atoms with Crippen LogP contribution in [0.2, 0.25) is 0 Å². The summed E-state index contributed by atoms with van der Waals surface area (Å²) < 4.78 is 1.99. The predicted molar refractivity (Wildman–Crippen MR) is 79.1 cm³/mol. The third-order valence-electron chi connectivity index (χ3n) is 4.22. The molecule has 1 fully saturated rings. The lowest BCUT2D eigenvalue weighted by Crippen LogP contribution is -2.22. The van der Waals surface area contributed by atoms with Crippen LogP contribution in [0, 0.1) is 13.8 Å². The lowest BCUT2D eigenvalue weighted by molar-refractivity contribution is 0.489. The Bertz CT molecular complexity index is 417. The van der Waals surface area contributed by atoms with Crippen LogP contribution in [0.25, 0.3) is 0 Å². The first-order valence-corrected chi connectivity index (χ1v) is 6.89. The maximum absolute atomic E-state index is 4.54. The summed E-state index contributed by atoms with van der Waals surface area (Å²) in [6.07, 6.45) is 5.34. The molecule has 1 nitrogen and oxygen atoms in total. The molecule has 1 aromatic carbocycles. The van der Waals surface area contributed by atoms with Crippen LogP contribution in [-0.2, 0) is 5.41 Å². The predicted octanol–water partition coefficient (Wildman–Crippen LogP) is 4.42. The first-order chi connectivity index (χ1) is 7.96. The van der Waals surface area contributed by atoms with E-state index in [2.05, 4.69) is 45.7 Å². The minimum Gasteiger partial charge on any atom is -0.321 e. The van der Waals surface area contributed by atoms with Crippen LogP contribution in [0.15, 0.2) is 12.1 Å². The van der Waals surface area contributed by atoms with E-state index >= 15 is 0 Å². The summed E-state index contributed by atoms with van der Waals surface area (Å²) in [4.78, 5) is 0. The average Bonchev–Trinajstić information content (AvgIpc) is 2.68. The number of rotatable bonds is 2. The van der Waals surface area contributed by atoms with Gasteiger partial charge in [-0.1, -0.05) is 44.7 Å². The van der Waals surface area contributed by atoms with Crippen molar-refractivity contribution in [2.24, 2.45) is 0 Å². The second-order valence-corrected chi connectivity index (χ2v) is 6.31. The van der Waals surface area contributed by atoms with E-state index in [-0.39, 0.29) is 0 Å². The van der Waals surface area contributed by atoms with Crippen molar-refractivity contribution in [2.75, 3.05) is 11.4 Å². The SMILES string of the molecule is Cc1ccc(C)c(C2(C)CCCC2)c1N(C)S. The van der Waals surface area contributed by atoms with Gasteiger partial charge in [0.2, 0.25) is 0 Å². The average molecular weight is 249 g/mol. The molecule has 0 saturated heterocycles. The van der Waals surface area contributed by atoms with Gasteiger partial charge in [-0.15, -0.1) is 0 Å². The zero-order valence-corrected chi connectivity index (χ0v) is 12.3. The normalized spacial score (nSPS) is 18.4. The van der Waals surface area contributed by atoms with Crippen LogP contribution >= 0.6 is 12.8 Å². The minimum atomic E-state index is 0.350. The van der Waals surface area contributed by atoms with Crippen LogP contribution in [0.5, 0.6) is 0 Å². The van der Waals surface area contributed by atoms with Gasteiger partial charge in [0.15, 0.2) is 0 Å². The van der Waals surface area contributed by atoms with Gasteiger partial charge in [0, 0.05) is 7.05 Å². The molecule has 94 valence electrons. The van der Waals surface area contributed by atoms with Crippen LogP contribution < -0.4 is 4.31 Å². The quantitative estimate of drug-likeness (QED) is 0.760. The van der Waals surface area contributed by atoms with Crippen LogP contribution in [0.3, 0.4) is 0 Å². The Labute approximate surface area is 111 Å². The molecule has 0 bridgehead atoms. The van der Waals surface area contributed by atoms with Crippen molar-refractivity contribution >= 4 is 18.5 Å². The van der Waals surface area contributed by atoms with Crippen LogP contribution in [0.1, 0.15) is 49.3 Å². The highest BCUT2D eigenvalue weighted by atomic mass is 32.1. The molecule has 1 aliphatic carbocycles. The maximum atomic E-state index is 4.54. The van der Waals surface area contributed by atoms with Crippen molar-refractivity contribution in [3.63, 3.8) is 0 Å². The zero-order chi connectivity index (χ0) is 12.6. The number of hydrogen-bond donors (Lipinski definition) is 1. The molecular formula is C15H23NS. The lowest BCUT2D eigenvalue weighted by atomic mass is 9.77. The second kappa shape index (κ2) is 4.56. The van der Waals surface area contributed by atoms with Gasteiger partial charge in [0.1, 0.15) is 0 Å². The van der Waals surface area contributed by atoms with E-state index in [0.29, 0.717) is 5.41 Å². The molecule has 2 rings (SSSR count). The van der Waals surface area contributed by atoms with Crippen molar-refractivity contribution in [2.45, 2.75) is 51.9 Å². The first kappa shape index (κ1) is 12.8. The van der Waals surface area contributed by atoms with E-state index in [0.717, 1.165) is 0 Å². The molecule has 1 aliphatic rings. The molecule has 0 atom stereocenters. The fourth-order valence-electron chi connectivity index (χ4n) is 3.38. The molecule has 0 N–H and O–H groups in total. The Morgan fingerprint density at radius 3 is 2.18 bits per heavy atom. The van der Waals surface area contributed by atoms with Crippen LogP contribution in [0.4, 0.5) is 5.69 Å². The fraction of sp³-hybridized carbons (Fsp3) is 0.600. The summed E-state index contributed by atoms with van der Waals surface area (Å²) in [6, 6.07) is 4.47. The second-order valence-electron chi connectivity index (χ2n) is 5.71. The van der Waals surface area contributed by atoms with Crippen molar-refractivity contribution in [3.8, 4) is 0 Å². The fourth-order valence-corrected chi connectivity index (χ4v) is 3.64. The summed E-state index contributed by atoms with van der Waals surface area (Å²) in [7, 11) is 2.03. The Morgan fingerprint density at radius 1 is 1.12 bits per heavy atom. The van der Waals surface area contributed by atoms with E-state index in [9.17, 15) is 0 Å². The Balaban J connectivity index is 2.62. The smallest absolute Gasteiger partial charge is 0.0533 e. The summed E-state index contributed by atoms with van der Waals surface area (Å²) in [5.74, 6) is 0. The third-order valence-corrected chi connectivity index (χ3v) is 4.42. The number of anilines is 1. The highest BCUT2D eigenvalue weighted by molar-refractivity contribution is 7.81. The van der Waals surface area contributed by atoms with Gasteiger partial charge in [0.05, 0.1) is 5.69 Å². The summed E-state index contributed by atoms with van der Waals surface area (Å²) in [5, 5.41) is 0.